The monoisotopic (exact) mass is 560 g/mol. The molecule has 1 spiro atoms. The molecule has 0 aliphatic carbocycles. The van der Waals surface area contributed by atoms with Gasteiger partial charge in [0, 0.05) is 51.6 Å². The van der Waals surface area contributed by atoms with Crippen molar-refractivity contribution >= 4 is 23.6 Å². The van der Waals surface area contributed by atoms with Gasteiger partial charge in [0.2, 0.25) is 23.6 Å². The van der Waals surface area contributed by atoms with Crippen LogP contribution in [0.15, 0.2) is 0 Å². The van der Waals surface area contributed by atoms with E-state index < -0.39 is 5.54 Å². The fourth-order valence-electron chi connectivity index (χ4n) is 7.07. The van der Waals surface area contributed by atoms with E-state index in [2.05, 4.69) is 36.3 Å². The van der Waals surface area contributed by atoms with E-state index in [0.717, 1.165) is 45.3 Å². The minimum Gasteiger partial charge on any atom is -0.356 e. The van der Waals surface area contributed by atoms with Gasteiger partial charge in [0.05, 0.1) is 17.6 Å². The van der Waals surface area contributed by atoms with Crippen LogP contribution >= 0.6 is 0 Å². The number of carbonyl (C=O) groups is 4. The molecule has 0 saturated carbocycles. The average Bonchev–Trinajstić information content (AvgIpc) is 3.37. The Morgan fingerprint density at radius 2 is 1.62 bits per heavy atom. The SMILES string of the molecule is CN(C)[C@H]1CCCNC(=O)CC2(CCN(C(=O)CC(C)(C)C)CC2)NC(=O)[C@@H]2CCCN2C2CCN(CC2)C1=O. The summed E-state index contributed by atoms with van der Waals surface area (Å²) >= 11 is 0. The largest absolute Gasteiger partial charge is 0.356 e. The molecule has 0 aromatic carbocycles. The van der Waals surface area contributed by atoms with E-state index in [1.807, 2.05) is 28.8 Å². The normalized spacial score (nSPS) is 28.0. The van der Waals surface area contributed by atoms with Crippen molar-refractivity contribution in [1.82, 2.24) is 30.2 Å². The highest BCUT2D eigenvalue weighted by Crippen LogP contribution is 2.31. The molecule has 0 aromatic heterocycles. The molecule has 5 fully saturated rings. The third-order valence-corrected chi connectivity index (χ3v) is 9.37. The standard InChI is InChI=1S/C30H52N6O4/c1-29(2,3)21-26(38)34-18-12-30(13-19-34)20-25(37)31-14-6-8-24(33(4)5)28(40)35-16-10-22(11-17-35)36-15-7-9-23(36)27(39)32-30/h22-24H,6-21H2,1-5H3,(H,31,37)(H,32,39)/t23-,24-/m0/s1. The number of nitrogens with zero attached hydrogens (tertiary/aromatic N) is 4. The molecule has 2 atom stereocenters. The van der Waals surface area contributed by atoms with E-state index in [-0.39, 0.29) is 53.6 Å². The number of hydrogen-bond acceptors (Lipinski definition) is 6. The number of likely N-dealkylation sites (N-methyl/N-ethyl adjacent to an activating group) is 1. The maximum atomic E-state index is 13.8. The van der Waals surface area contributed by atoms with Gasteiger partial charge in [-0.3, -0.25) is 29.0 Å². The molecular weight excluding hydrogens is 508 g/mol. The van der Waals surface area contributed by atoms with Crippen LogP contribution in [0.5, 0.6) is 0 Å². The first-order chi connectivity index (χ1) is 18.9. The van der Waals surface area contributed by atoms with Crippen LogP contribution in [0.2, 0.25) is 0 Å². The van der Waals surface area contributed by atoms with Crippen molar-refractivity contribution < 1.29 is 19.2 Å². The van der Waals surface area contributed by atoms with Crippen molar-refractivity contribution in [1.29, 1.82) is 0 Å². The van der Waals surface area contributed by atoms with Crippen LogP contribution in [0.1, 0.15) is 85.0 Å². The Balaban J connectivity index is 1.52. The van der Waals surface area contributed by atoms with E-state index in [0.29, 0.717) is 51.7 Å². The van der Waals surface area contributed by atoms with Crippen molar-refractivity contribution in [2.75, 3.05) is 53.4 Å². The molecule has 4 amide bonds. The summed E-state index contributed by atoms with van der Waals surface area (Å²) in [5.74, 6) is 0.233. The Kier molecular flexibility index (Phi) is 9.81. The summed E-state index contributed by atoms with van der Waals surface area (Å²) < 4.78 is 0. The molecule has 10 heteroatoms. The van der Waals surface area contributed by atoms with E-state index >= 15 is 0 Å². The van der Waals surface area contributed by atoms with Crippen molar-refractivity contribution in [3.8, 4) is 0 Å². The molecule has 0 unspecified atom stereocenters. The molecule has 5 aliphatic rings. The third-order valence-electron chi connectivity index (χ3n) is 9.37. The van der Waals surface area contributed by atoms with E-state index in [1.54, 1.807) is 0 Å². The third kappa shape index (κ3) is 7.55. The molecular formula is C30H52N6O4. The lowest BCUT2D eigenvalue weighted by atomic mass is 9.82. The number of rotatable bonds is 2. The number of likely N-dealkylation sites (tertiary alicyclic amines) is 1. The lowest BCUT2D eigenvalue weighted by Crippen LogP contribution is -2.61. The van der Waals surface area contributed by atoms with Gasteiger partial charge in [-0.1, -0.05) is 20.8 Å². The quantitative estimate of drug-likeness (QED) is 0.532. The molecule has 5 saturated heterocycles. The predicted octanol–water partition coefficient (Wildman–Crippen LogP) is 1.59. The second-order valence-corrected chi connectivity index (χ2v) is 14.0. The lowest BCUT2D eigenvalue weighted by molar-refractivity contribution is -0.139. The second kappa shape index (κ2) is 12.8. The summed E-state index contributed by atoms with van der Waals surface area (Å²) in [6.45, 7) is 10.1. The van der Waals surface area contributed by atoms with Crippen LogP contribution < -0.4 is 10.6 Å². The average molecular weight is 561 g/mol. The van der Waals surface area contributed by atoms with Crippen LogP contribution in [-0.2, 0) is 19.2 Å². The maximum absolute atomic E-state index is 13.8. The molecule has 5 heterocycles. The zero-order chi connectivity index (χ0) is 29.1. The molecule has 2 bridgehead atoms. The van der Waals surface area contributed by atoms with Crippen LogP contribution in [0.3, 0.4) is 0 Å². The Hall–Kier alpha value is -2.20. The fraction of sp³-hybridized carbons (Fsp3) is 0.867. The van der Waals surface area contributed by atoms with Crippen LogP contribution in [0, 0.1) is 5.41 Å². The summed E-state index contributed by atoms with van der Waals surface area (Å²) in [4.78, 5) is 61.6. The molecule has 5 rings (SSSR count). The summed E-state index contributed by atoms with van der Waals surface area (Å²) in [5.41, 5.74) is -0.743. The van der Waals surface area contributed by atoms with Gasteiger partial charge in [-0.15, -0.1) is 0 Å². The van der Waals surface area contributed by atoms with Gasteiger partial charge in [0.15, 0.2) is 0 Å². The van der Waals surface area contributed by atoms with Crippen LogP contribution in [0.4, 0.5) is 0 Å². The molecule has 2 N–H and O–H groups in total. The van der Waals surface area contributed by atoms with Gasteiger partial charge >= 0.3 is 0 Å². The van der Waals surface area contributed by atoms with E-state index in [9.17, 15) is 19.2 Å². The predicted molar refractivity (Wildman–Crippen MR) is 154 cm³/mol. The lowest BCUT2D eigenvalue weighted by Gasteiger charge is -2.44. The van der Waals surface area contributed by atoms with Gasteiger partial charge < -0.3 is 20.4 Å². The molecule has 10 nitrogen and oxygen atoms in total. The van der Waals surface area contributed by atoms with Gasteiger partial charge in [0.25, 0.3) is 0 Å². The first-order valence-corrected chi connectivity index (χ1v) is 15.4. The second-order valence-electron chi connectivity index (χ2n) is 14.0. The zero-order valence-corrected chi connectivity index (χ0v) is 25.5. The number of nitrogens with one attached hydrogen (secondary N) is 2. The molecule has 226 valence electrons. The highest BCUT2D eigenvalue weighted by Gasteiger charge is 2.44. The zero-order valence-electron chi connectivity index (χ0n) is 25.5. The van der Waals surface area contributed by atoms with E-state index in [4.69, 9.17) is 0 Å². The van der Waals surface area contributed by atoms with E-state index in [1.165, 1.54) is 0 Å². The first kappa shape index (κ1) is 30.8. The number of amides is 4. The van der Waals surface area contributed by atoms with Crippen LogP contribution in [-0.4, -0.2) is 120 Å². The fourth-order valence-corrected chi connectivity index (χ4v) is 7.07. The van der Waals surface area contributed by atoms with Crippen molar-refractivity contribution in [2.45, 2.75) is 109 Å². The van der Waals surface area contributed by atoms with Crippen molar-refractivity contribution in [2.24, 2.45) is 5.41 Å². The van der Waals surface area contributed by atoms with Crippen LogP contribution in [0.25, 0.3) is 0 Å². The molecule has 0 aromatic rings. The maximum Gasteiger partial charge on any atom is 0.239 e. The summed E-state index contributed by atoms with van der Waals surface area (Å²) in [6, 6.07) is -0.127. The number of carbonyl (C=O) groups excluding carboxylic acids is 4. The van der Waals surface area contributed by atoms with Gasteiger partial charge in [-0.05, 0) is 77.4 Å². The molecule has 40 heavy (non-hydrogen) atoms. The first-order valence-electron chi connectivity index (χ1n) is 15.4. The minimum absolute atomic E-state index is 0.00950. The highest BCUT2D eigenvalue weighted by molar-refractivity contribution is 5.85. The molecule has 5 aliphatic heterocycles. The summed E-state index contributed by atoms with van der Waals surface area (Å²) in [7, 11) is 3.90. The smallest absolute Gasteiger partial charge is 0.239 e. The number of fused-ring (bicyclic) bond motifs is 10. The Bertz CT molecular complexity index is 931. The molecule has 0 radical (unpaired) electrons. The van der Waals surface area contributed by atoms with Gasteiger partial charge in [0.1, 0.15) is 0 Å². The topological polar surface area (TPSA) is 105 Å². The van der Waals surface area contributed by atoms with Crippen molar-refractivity contribution in [3.05, 3.63) is 0 Å². The summed E-state index contributed by atoms with van der Waals surface area (Å²) in [5, 5.41) is 6.43. The Labute approximate surface area is 240 Å². The van der Waals surface area contributed by atoms with Gasteiger partial charge in [-0.2, -0.15) is 0 Å². The van der Waals surface area contributed by atoms with Gasteiger partial charge in [-0.25, -0.2) is 0 Å². The number of hydrogen-bond donors (Lipinski definition) is 2. The Morgan fingerprint density at radius 3 is 2.25 bits per heavy atom. The Morgan fingerprint density at radius 1 is 0.950 bits per heavy atom. The minimum atomic E-state index is -0.659. The van der Waals surface area contributed by atoms with Crippen molar-refractivity contribution in [3.63, 3.8) is 0 Å². The highest BCUT2D eigenvalue weighted by atomic mass is 16.2. The summed E-state index contributed by atoms with van der Waals surface area (Å²) in [6.07, 6.45) is 6.79. The number of piperidine rings is 2.